The SMILES string of the molecule is CCCC(C)N(C)Cc1oc2ccccc2c1CNC. The summed E-state index contributed by atoms with van der Waals surface area (Å²) in [6.07, 6.45) is 2.44. The van der Waals surface area contributed by atoms with E-state index in [4.69, 9.17) is 4.42 Å². The van der Waals surface area contributed by atoms with Crippen LogP contribution in [0.4, 0.5) is 0 Å². The molecule has 1 heterocycles. The van der Waals surface area contributed by atoms with E-state index < -0.39 is 0 Å². The van der Waals surface area contributed by atoms with Crippen molar-refractivity contribution in [1.29, 1.82) is 0 Å². The number of nitrogens with zero attached hydrogens (tertiary/aromatic N) is 1. The second kappa shape index (κ2) is 6.91. The molecule has 1 atom stereocenters. The van der Waals surface area contributed by atoms with Crippen molar-refractivity contribution in [2.75, 3.05) is 14.1 Å². The monoisotopic (exact) mass is 274 g/mol. The molecule has 3 nitrogen and oxygen atoms in total. The third-order valence-electron chi connectivity index (χ3n) is 3.99. The normalized spacial score (nSPS) is 13.2. The molecule has 3 heteroatoms. The van der Waals surface area contributed by atoms with Gasteiger partial charge in [0.15, 0.2) is 0 Å². The van der Waals surface area contributed by atoms with Crippen molar-refractivity contribution in [1.82, 2.24) is 10.2 Å². The first kappa shape index (κ1) is 15.1. The van der Waals surface area contributed by atoms with Crippen molar-refractivity contribution in [3.05, 3.63) is 35.6 Å². The third kappa shape index (κ3) is 3.22. The Kier molecular flexibility index (Phi) is 5.21. The first-order chi connectivity index (χ1) is 9.67. The average Bonchev–Trinajstić information content (AvgIpc) is 2.78. The van der Waals surface area contributed by atoms with E-state index >= 15 is 0 Å². The molecule has 0 aliphatic rings. The smallest absolute Gasteiger partial charge is 0.134 e. The molecule has 0 aliphatic heterocycles. The van der Waals surface area contributed by atoms with Crippen molar-refractivity contribution in [3.8, 4) is 0 Å². The minimum absolute atomic E-state index is 0.579. The van der Waals surface area contributed by atoms with Crippen LogP contribution in [0.3, 0.4) is 0 Å². The maximum Gasteiger partial charge on any atom is 0.134 e. The van der Waals surface area contributed by atoms with E-state index in [9.17, 15) is 0 Å². The Hall–Kier alpha value is -1.32. The van der Waals surface area contributed by atoms with Crippen LogP contribution >= 0.6 is 0 Å². The zero-order chi connectivity index (χ0) is 14.5. The first-order valence-corrected chi connectivity index (χ1v) is 7.51. The lowest BCUT2D eigenvalue weighted by atomic mass is 10.1. The Morgan fingerprint density at radius 1 is 1.30 bits per heavy atom. The minimum atomic E-state index is 0.579. The van der Waals surface area contributed by atoms with Gasteiger partial charge in [-0.15, -0.1) is 0 Å². The molecule has 0 fully saturated rings. The molecular formula is C17H26N2O. The summed E-state index contributed by atoms with van der Waals surface area (Å²) in [4.78, 5) is 2.38. The van der Waals surface area contributed by atoms with Gasteiger partial charge in [-0.05, 0) is 33.5 Å². The van der Waals surface area contributed by atoms with Gasteiger partial charge in [-0.3, -0.25) is 4.90 Å². The second-order valence-corrected chi connectivity index (χ2v) is 5.58. The number of nitrogens with one attached hydrogen (secondary N) is 1. The van der Waals surface area contributed by atoms with E-state index in [1.54, 1.807) is 0 Å². The molecule has 110 valence electrons. The molecule has 1 unspecified atom stereocenters. The van der Waals surface area contributed by atoms with Crippen LogP contribution in [0.25, 0.3) is 11.0 Å². The summed E-state index contributed by atoms with van der Waals surface area (Å²) in [5, 5.41) is 4.48. The number of rotatable bonds is 7. The Labute approximate surface area is 122 Å². The van der Waals surface area contributed by atoms with Crippen molar-refractivity contribution in [2.45, 2.75) is 45.8 Å². The molecule has 0 saturated heterocycles. The second-order valence-electron chi connectivity index (χ2n) is 5.58. The summed E-state index contributed by atoms with van der Waals surface area (Å²) in [5.41, 5.74) is 2.28. The summed E-state index contributed by atoms with van der Waals surface area (Å²) in [6.45, 7) is 6.23. The summed E-state index contributed by atoms with van der Waals surface area (Å²) in [6, 6.07) is 8.88. The van der Waals surface area contributed by atoms with Crippen LogP contribution in [0, 0.1) is 0 Å². The first-order valence-electron chi connectivity index (χ1n) is 7.51. The van der Waals surface area contributed by atoms with Crippen LogP contribution in [0.5, 0.6) is 0 Å². The van der Waals surface area contributed by atoms with E-state index in [1.807, 2.05) is 19.2 Å². The maximum absolute atomic E-state index is 6.07. The lowest BCUT2D eigenvalue weighted by Crippen LogP contribution is -2.28. The van der Waals surface area contributed by atoms with Gasteiger partial charge in [0, 0.05) is 23.5 Å². The van der Waals surface area contributed by atoms with E-state index in [0.717, 1.165) is 24.4 Å². The van der Waals surface area contributed by atoms with Crippen LogP contribution in [-0.4, -0.2) is 25.0 Å². The molecule has 0 spiro atoms. The van der Waals surface area contributed by atoms with Crippen LogP contribution in [-0.2, 0) is 13.1 Å². The molecule has 2 rings (SSSR count). The van der Waals surface area contributed by atoms with Crippen LogP contribution in [0.2, 0.25) is 0 Å². The highest BCUT2D eigenvalue weighted by molar-refractivity contribution is 5.82. The fourth-order valence-corrected chi connectivity index (χ4v) is 2.67. The number of para-hydroxylation sites is 1. The van der Waals surface area contributed by atoms with Crippen molar-refractivity contribution >= 4 is 11.0 Å². The molecular weight excluding hydrogens is 248 g/mol. The van der Waals surface area contributed by atoms with Gasteiger partial charge in [0.25, 0.3) is 0 Å². The molecule has 1 N–H and O–H groups in total. The molecule has 2 aromatic rings. The number of benzene rings is 1. The molecule has 0 bridgehead atoms. The highest BCUT2D eigenvalue weighted by atomic mass is 16.3. The summed E-state index contributed by atoms with van der Waals surface area (Å²) >= 11 is 0. The number of fused-ring (bicyclic) bond motifs is 1. The van der Waals surface area contributed by atoms with Crippen LogP contribution in [0.1, 0.15) is 38.0 Å². The topological polar surface area (TPSA) is 28.4 Å². The Bertz CT molecular complexity index is 547. The molecule has 20 heavy (non-hydrogen) atoms. The average molecular weight is 274 g/mol. The largest absolute Gasteiger partial charge is 0.459 e. The Balaban J connectivity index is 2.26. The molecule has 1 aromatic heterocycles. The summed E-state index contributed by atoms with van der Waals surface area (Å²) in [5.74, 6) is 1.09. The van der Waals surface area contributed by atoms with Gasteiger partial charge in [0.2, 0.25) is 0 Å². The Morgan fingerprint density at radius 3 is 2.75 bits per heavy atom. The number of furan rings is 1. The van der Waals surface area contributed by atoms with Crippen LogP contribution in [0.15, 0.2) is 28.7 Å². The van der Waals surface area contributed by atoms with E-state index in [1.165, 1.54) is 23.8 Å². The lowest BCUT2D eigenvalue weighted by molar-refractivity contribution is 0.220. The number of hydrogen-bond acceptors (Lipinski definition) is 3. The van der Waals surface area contributed by atoms with E-state index in [2.05, 4.69) is 43.2 Å². The third-order valence-corrected chi connectivity index (χ3v) is 3.99. The Morgan fingerprint density at radius 2 is 2.05 bits per heavy atom. The van der Waals surface area contributed by atoms with Crippen LogP contribution < -0.4 is 5.32 Å². The molecule has 1 aromatic carbocycles. The van der Waals surface area contributed by atoms with Crippen molar-refractivity contribution in [3.63, 3.8) is 0 Å². The van der Waals surface area contributed by atoms with Gasteiger partial charge in [0.05, 0.1) is 6.54 Å². The van der Waals surface area contributed by atoms with Gasteiger partial charge in [0.1, 0.15) is 11.3 Å². The highest BCUT2D eigenvalue weighted by Crippen LogP contribution is 2.27. The molecule has 0 saturated carbocycles. The van der Waals surface area contributed by atoms with Gasteiger partial charge in [-0.25, -0.2) is 0 Å². The number of hydrogen-bond donors (Lipinski definition) is 1. The molecule has 0 amide bonds. The van der Waals surface area contributed by atoms with E-state index in [-0.39, 0.29) is 0 Å². The van der Waals surface area contributed by atoms with Gasteiger partial charge in [-0.1, -0.05) is 31.5 Å². The quantitative estimate of drug-likeness (QED) is 0.833. The predicted octanol–water partition coefficient (Wildman–Crippen LogP) is 3.77. The van der Waals surface area contributed by atoms with Gasteiger partial charge in [-0.2, -0.15) is 0 Å². The van der Waals surface area contributed by atoms with Crippen molar-refractivity contribution < 1.29 is 4.42 Å². The summed E-state index contributed by atoms with van der Waals surface area (Å²) < 4.78 is 6.07. The van der Waals surface area contributed by atoms with E-state index in [0.29, 0.717) is 6.04 Å². The predicted molar refractivity (Wildman–Crippen MR) is 84.8 cm³/mol. The zero-order valence-electron chi connectivity index (χ0n) is 13.1. The highest BCUT2D eigenvalue weighted by Gasteiger charge is 2.17. The van der Waals surface area contributed by atoms with Gasteiger partial charge < -0.3 is 9.73 Å². The summed E-state index contributed by atoms with van der Waals surface area (Å²) in [7, 11) is 4.16. The van der Waals surface area contributed by atoms with Crippen molar-refractivity contribution in [2.24, 2.45) is 0 Å². The molecule has 0 aliphatic carbocycles. The molecule has 0 radical (unpaired) electrons. The fraction of sp³-hybridized carbons (Fsp3) is 0.529. The zero-order valence-corrected chi connectivity index (χ0v) is 13.1. The fourth-order valence-electron chi connectivity index (χ4n) is 2.67. The van der Waals surface area contributed by atoms with Gasteiger partial charge >= 0.3 is 0 Å². The lowest BCUT2D eigenvalue weighted by Gasteiger charge is -2.23. The maximum atomic E-state index is 6.07. The standard InChI is InChI=1S/C17H26N2O/c1-5-8-13(2)19(4)12-17-15(11-18-3)14-9-6-7-10-16(14)20-17/h6-7,9-10,13,18H,5,8,11-12H2,1-4H3. The minimum Gasteiger partial charge on any atom is -0.459 e.